The molecule has 0 atom stereocenters. The van der Waals surface area contributed by atoms with E-state index in [0.29, 0.717) is 26.1 Å². The molecule has 1 saturated heterocycles. The number of aromatic carboxylic acids is 1. The summed E-state index contributed by atoms with van der Waals surface area (Å²) in [6.45, 7) is 0.767. The van der Waals surface area contributed by atoms with Crippen molar-refractivity contribution in [3.63, 3.8) is 0 Å². The van der Waals surface area contributed by atoms with Crippen LogP contribution in [0.25, 0.3) is 0 Å². The molecule has 19 heavy (non-hydrogen) atoms. The Kier molecular flexibility index (Phi) is 3.96. The molecule has 2 rings (SSSR count). The van der Waals surface area contributed by atoms with Crippen LogP contribution in [-0.2, 0) is 4.74 Å². The number of carbonyl (C=O) groups is 1. The number of aliphatic hydroxyl groups is 1. The predicted molar refractivity (Wildman–Crippen MR) is 64.6 cm³/mol. The molecular formula is C12H15FN2O4. The minimum Gasteiger partial charge on any atom is -0.478 e. The Bertz CT molecular complexity index is 475. The van der Waals surface area contributed by atoms with E-state index in [4.69, 9.17) is 9.84 Å². The highest BCUT2D eigenvalue weighted by Crippen LogP contribution is 2.26. The number of nitrogens with zero attached hydrogens (tertiary/aromatic N) is 1. The highest BCUT2D eigenvalue weighted by molar-refractivity contribution is 5.93. The van der Waals surface area contributed by atoms with Gasteiger partial charge in [-0.15, -0.1) is 0 Å². The summed E-state index contributed by atoms with van der Waals surface area (Å²) < 4.78 is 18.3. The second kappa shape index (κ2) is 5.50. The number of ether oxygens (including phenoxy) is 1. The molecule has 0 radical (unpaired) electrons. The van der Waals surface area contributed by atoms with Gasteiger partial charge in [-0.1, -0.05) is 0 Å². The van der Waals surface area contributed by atoms with Crippen LogP contribution in [0.3, 0.4) is 0 Å². The van der Waals surface area contributed by atoms with E-state index in [0.717, 1.165) is 12.3 Å². The van der Waals surface area contributed by atoms with E-state index in [2.05, 4.69) is 10.3 Å². The van der Waals surface area contributed by atoms with Gasteiger partial charge in [0, 0.05) is 13.2 Å². The number of rotatable bonds is 4. The fourth-order valence-electron chi connectivity index (χ4n) is 2.04. The zero-order valence-corrected chi connectivity index (χ0v) is 10.2. The first kappa shape index (κ1) is 13.7. The maximum Gasteiger partial charge on any atom is 0.339 e. The third-order valence-electron chi connectivity index (χ3n) is 3.22. The van der Waals surface area contributed by atoms with Crippen molar-refractivity contribution in [1.82, 2.24) is 4.98 Å². The van der Waals surface area contributed by atoms with Crippen LogP contribution in [0.15, 0.2) is 12.3 Å². The number of halogens is 1. The highest BCUT2D eigenvalue weighted by Gasteiger charge is 2.33. The van der Waals surface area contributed by atoms with Crippen molar-refractivity contribution < 1.29 is 24.1 Å². The average Bonchev–Trinajstić information content (AvgIpc) is 2.42. The third kappa shape index (κ3) is 2.99. The summed E-state index contributed by atoms with van der Waals surface area (Å²) in [6.07, 6.45) is 2.00. The van der Waals surface area contributed by atoms with E-state index in [-0.39, 0.29) is 18.0 Å². The number of carboxylic acid groups (broad SMARTS) is 1. The summed E-state index contributed by atoms with van der Waals surface area (Å²) in [7, 11) is 0. The fourth-order valence-corrected chi connectivity index (χ4v) is 2.04. The summed E-state index contributed by atoms with van der Waals surface area (Å²) in [6, 6.07) is 0.905. The lowest BCUT2D eigenvalue weighted by Gasteiger charge is -2.37. The SMILES string of the molecule is O=C(O)c1cc(F)cnc1NC1(CO)CCOCC1. The van der Waals surface area contributed by atoms with Crippen LogP contribution in [-0.4, -0.2) is 46.5 Å². The number of carboxylic acids is 1. The van der Waals surface area contributed by atoms with Crippen molar-refractivity contribution >= 4 is 11.8 Å². The molecule has 0 saturated carbocycles. The molecule has 1 aliphatic rings. The summed E-state index contributed by atoms with van der Waals surface area (Å²) in [4.78, 5) is 14.8. The van der Waals surface area contributed by atoms with E-state index in [9.17, 15) is 14.3 Å². The van der Waals surface area contributed by atoms with Crippen molar-refractivity contribution in [1.29, 1.82) is 0 Å². The number of pyridine rings is 1. The molecule has 1 aromatic heterocycles. The average molecular weight is 270 g/mol. The highest BCUT2D eigenvalue weighted by atomic mass is 19.1. The van der Waals surface area contributed by atoms with E-state index < -0.39 is 17.3 Å². The molecule has 6 nitrogen and oxygen atoms in total. The first-order valence-corrected chi connectivity index (χ1v) is 5.92. The third-order valence-corrected chi connectivity index (χ3v) is 3.22. The molecule has 1 fully saturated rings. The molecular weight excluding hydrogens is 255 g/mol. The standard InChI is InChI=1S/C12H15FN2O4/c13-8-5-9(11(17)18)10(14-6-8)15-12(7-16)1-3-19-4-2-12/h5-6,16H,1-4,7H2,(H,14,15)(H,17,18). The van der Waals surface area contributed by atoms with Gasteiger partial charge >= 0.3 is 5.97 Å². The molecule has 1 aliphatic heterocycles. The van der Waals surface area contributed by atoms with Crippen LogP contribution in [0, 0.1) is 5.82 Å². The largest absolute Gasteiger partial charge is 0.478 e. The predicted octanol–water partition coefficient (Wildman–Crippen LogP) is 0.872. The van der Waals surface area contributed by atoms with Crippen LogP contribution < -0.4 is 5.32 Å². The second-order valence-corrected chi connectivity index (χ2v) is 4.53. The smallest absolute Gasteiger partial charge is 0.339 e. The number of aliphatic hydroxyl groups excluding tert-OH is 1. The molecule has 0 amide bonds. The van der Waals surface area contributed by atoms with Gasteiger partial charge in [-0.05, 0) is 18.9 Å². The minimum absolute atomic E-state index is 0.0600. The number of aromatic nitrogens is 1. The molecule has 104 valence electrons. The van der Waals surface area contributed by atoms with E-state index >= 15 is 0 Å². The Morgan fingerprint density at radius 1 is 1.53 bits per heavy atom. The van der Waals surface area contributed by atoms with Crippen molar-refractivity contribution in [2.24, 2.45) is 0 Å². The van der Waals surface area contributed by atoms with Crippen molar-refractivity contribution in [3.8, 4) is 0 Å². The topological polar surface area (TPSA) is 91.7 Å². The summed E-state index contributed by atoms with van der Waals surface area (Å²) in [5.74, 6) is -1.92. The molecule has 1 aromatic rings. The Morgan fingerprint density at radius 2 is 2.21 bits per heavy atom. The Hall–Kier alpha value is -1.73. The van der Waals surface area contributed by atoms with Gasteiger partial charge in [-0.25, -0.2) is 14.2 Å². The molecule has 0 unspecified atom stereocenters. The quantitative estimate of drug-likeness (QED) is 0.752. The van der Waals surface area contributed by atoms with E-state index in [1.54, 1.807) is 0 Å². The lowest BCUT2D eigenvalue weighted by molar-refractivity contribution is 0.0377. The van der Waals surface area contributed by atoms with E-state index in [1.165, 1.54) is 0 Å². The Balaban J connectivity index is 2.28. The summed E-state index contributed by atoms with van der Waals surface area (Å²) in [5, 5.41) is 21.5. The van der Waals surface area contributed by atoms with Gasteiger partial charge in [0.1, 0.15) is 17.2 Å². The van der Waals surface area contributed by atoms with Crippen LogP contribution in [0.4, 0.5) is 10.2 Å². The van der Waals surface area contributed by atoms with E-state index in [1.807, 2.05) is 0 Å². The van der Waals surface area contributed by atoms with Crippen LogP contribution in [0.5, 0.6) is 0 Å². The number of nitrogens with one attached hydrogen (secondary N) is 1. The van der Waals surface area contributed by atoms with Gasteiger partial charge in [0.25, 0.3) is 0 Å². The zero-order valence-electron chi connectivity index (χ0n) is 10.2. The first-order valence-electron chi connectivity index (χ1n) is 5.92. The van der Waals surface area contributed by atoms with Crippen molar-refractivity contribution in [2.45, 2.75) is 18.4 Å². The monoisotopic (exact) mass is 270 g/mol. The molecule has 3 N–H and O–H groups in total. The molecule has 0 aromatic carbocycles. The number of anilines is 1. The van der Waals surface area contributed by atoms with Gasteiger partial charge in [-0.3, -0.25) is 0 Å². The van der Waals surface area contributed by atoms with Crippen LogP contribution in [0.2, 0.25) is 0 Å². The van der Waals surface area contributed by atoms with Gasteiger partial charge in [0.15, 0.2) is 0 Å². The number of hydrogen-bond donors (Lipinski definition) is 3. The molecule has 0 spiro atoms. The van der Waals surface area contributed by atoms with Crippen molar-refractivity contribution in [2.75, 3.05) is 25.1 Å². The fraction of sp³-hybridized carbons (Fsp3) is 0.500. The zero-order chi connectivity index (χ0) is 13.9. The van der Waals surface area contributed by atoms with Gasteiger partial charge < -0.3 is 20.3 Å². The Morgan fingerprint density at radius 3 is 2.79 bits per heavy atom. The van der Waals surface area contributed by atoms with Crippen molar-refractivity contribution in [3.05, 3.63) is 23.6 Å². The lowest BCUT2D eigenvalue weighted by Crippen LogP contribution is -2.47. The second-order valence-electron chi connectivity index (χ2n) is 4.53. The molecule has 0 aliphatic carbocycles. The van der Waals surface area contributed by atoms with Gasteiger partial charge in [0.05, 0.1) is 18.3 Å². The van der Waals surface area contributed by atoms with Gasteiger partial charge in [0.2, 0.25) is 0 Å². The maximum absolute atomic E-state index is 13.0. The first-order chi connectivity index (χ1) is 9.06. The van der Waals surface area contributed by atoms with Gasteiger partial charge in [-0.2, -0.15) is 0 Å². The van der Waals surface area contributed by atoms with Crippen LogP contribution in [0.1, 0.15) is 23.2 Å². The van der Waals surface area contributed by atoms with Crippen LogP contribution >= 0.6 is 0 Å². The molecule has 7 heteroatoms. The molecule has 2 heterocycles. The maximum atomic E-state index is 13.0. The summed E-state index contributed by atoms with van der Waals surface area (Å²) in [5.41, 5.74) is -0.924. The number of hydrogen-bond acceptors (Lipinski definition) is 5. The Labute approximate surface area is 109 Å². The minimum atomic E-state index is -1.27. The summed E-state index contributed by atoms with van der Waals surface area (Å²) >= 11 is 0. The lowest BCUT2D eigenvalue weighted by atomic mass is 9.91. The normalized spacial score (nSPS) is 18.0. The molecule has 0 bridgehead atoms.